The van der Waals surface area contributed by atoms with Crippen molar-refractivity contribution < 1.29 is 9.32 Å². The molecule has 2 heterocycles. The molecule has 31 heavy (non-hydrogen) atoms. The van der Waals surface area contributed by atoms with Gasteiger partial charge in [0, 0.05) is 11.1 Å². The molecule has 0 saturated carbocycles. The van der Waals surface area contributed by atoms with Crippen molar-refractivity contribution in [1.29, 1.82) is 0 Å². The van der Waals surface area contributed by atoms with Gasteiger partial charge in [-0.05, 0) is 56.7 Å². The predicted molar refractivity (Wildman–Crippen MR) is 122 cm³/mol. The van der Waals surface area contributed by atoms with Gasteiger partial charge in [0.25, 0.3) is 5.56 Å². The number of aromatic nitrogens is 3. The number of hydrogen-bond acceptors (Lipinski definition) is 6. The standard InChI is InChI=1S/C22H19ClN4O3S/c1-12-5-4-6-16(9-12)27-21(29)17-8-7-15(23)11-18(17)24-22(27)31-14(3)20(28)25-19-10-13(2)30-26-19/h4-11,14H,1-3H3,(H,25,26,28). The van der Waals surface area contributed by atoms with Gasteiger partial charge in [0.1, 0.15) is 5.76 Å². The van der Waals surface area contributed by atoms with Crippen LogP contribution >= 0.6 is 23.4 Å². The van der Waals surface area contributed by atoms with E-state index in [-0.39, 0.29) is 11.5 Å². The molecule has 0 aliphatic heterocycles. The average Bonchev–Trinajstić information content (AvgIpc) is 3.12. The van der Waals surface area contributed by atoms with Crippen LogP contribution in [0.25, 0.3) is 16.6 Å². The smallest absolute Gasteiger partial charge is 0.266 e. The summed E-state index contributed by atoms with van der Waals surface area (Å²) in [5.74, 6) is 0.649. The van der Waals surface area contributed by atoms with Crippen LogP contribution in [0.5, 0.6) is 0 Å². The van der Waals surface area contributed by atoms with Crippen LogP contribution in [0.3, 0.4) is 0 Å². The monoisotopic (exact) mass is 454 g/mol. The van der Waals surface area contributed by atoms with Crippen molar-refractivity contribution in [2.75, 3.05) is 5.32 Å². The van der Waals surface area contributed by atoms with Gasteiger partial charge in [0.2, 0.25) is 5.91 Å². The largest absolute Gasteiger partial charge is 0.360 e. The first-order valence-electron chi connectivity index (χ1n) is 9.52. The summed E-state index contributed by atoms with van der Waals surface area (Å²) in [5, 5.41) is 7.26. The van der Waals surface area contributed by atoms with Crippen LogP contribution in [0.1, 0.15) is 18.2 Å². The molecule has 2 aromatic heterocycles. The van der Waals surface area contributed by atoms with Crippen molar-refractivity contribution in [3.63, 3.8) is 0 Å². The fraction of sp³-hybridized carbons (Fsp3) is 0.182. The highest BCUT2D eigenvalue weighted by molar-refractivity contribution is 8.00. The minimum atomic E-state index is -0.559. The summed E-state index contributed by atoms with van der Waals surface area (Å²) in [4.78, 5) is 30.7. The topological polar surface area (TPSA) is 90.0 Å². The van der Waals surface area contributed by atoms with E-state index in [0.717, 1.165) is 5.56 Å². The van der Waals surface area contributed by atoms with Gasteiger partial charge in [-0.3, -0.25) is 14.2 Å². The molecular weight excluding hydrogens is 436 g/mol. The van der Waals surface area contributed by atoms with E-state index in [1.807, 2.05) is 31.2 Å². The van der Waals surface area contributed by atoms with Gasteiger partial charge in [-0.15, -0.1) is 0 Å². The number of amides is 1. The van der Waals surface area contributed by atoms with E-state index in [4.69, 9.17) is 16.1 Å². The molecule has 158 valence electrons. The number of thioether (sulfide) groups is 1. The average molecular weight is 455 g/mol. The van der Waals surface area contributed by atoms with Crippen LogP contribution in [0, 0.1) is 13.8 Å². The summed E-state index contributed by atoms with van der Waals surface area (Å²) in [7, 11) is 0. The number of nitrogens with one attached hydrogen (secondary N) is 1. The van der Waals surface area contributed by atoms with Gasteiger partial charge in [0.05, 0.1) is 21.8 Å². The normalized spacial score (nSPS) is 12.1. The number of fused-ring (bicyclic) bond motifs is 1. The third-order valence-corrected chi connectivity index (χ3v) is 5.88. The zero-order chi connectivity index (χ0) is 22.1. The number of rotatable bonds is 5. The molecule has 1 unspecified atom stereocenters. The van der Waals surface area contributed by atoms with E-state index >= 15 is 0 Å². The summed E-state index contributed by atoms with van der Waals surface area (Å²) in [6, 6.07) is 14.2. The van der Waals surface area contributed by atoms with E-state index < -0.39 is 5.25 Å². The van der Waals surface area contributed by atoms with Crippen LogP contribution in [0.4, 0.5) is 5.82 Å². The minimum Gasteiger partial charge on any atom is -0.360 e. The van der Waals surface area contributed by atoms with Crippen molar-refractivity contribution >= 4 is 46.0 Å². The Labute approximate surface area is 187 Å². The van der Waals surface area contributed by atoms with Crippen molar-refractivity contribution in [2.24, 2.45) is 0 Å². The summed E-state index contributed by atoms with van der Waals surface area (Å²) >= 11 is 7.29. The number of anilines is 1. The van der Waals surface area contributed by atoms with Gasteiger partial charge in [-0.2, -0.15) is 0 Å². The van der Waals surface area contributed by atoms with Crippen molar-refractivity contribution in [3.8, 4) is 5.69 Å². The second-order valence-corrected chi connectivity index (χ2v) is 8.85. The maximum absolute atomic E-state index is 13.4. The molecule has 4 aromatic rings. The number of aryl methyl sites for hydroxylation is 2. The van der Waals surface area contributed by atoms with E-state index in [2.05, 4.69) is 15.5 Å². The van der Waals surface area contributed by atoms with Gasteiger partial charge >= 0.3 is 0 Å². The molecule has 4 rings (SSSR count). The van der Waals surface area contributed by atoms with E-state index in [1.165, 1.54) is 16.3 Å². The van der Waals surface area contributed by atoms with Gasteiger partial charge < -0.3 is 9.84 Å². The zero-order valence-electron chi connectivity index (χ0n) is 17.0. The fourth-order valence-electron chi connectivity index (χ4n) is 3.08. The minimum absolute atomic E-state index is 0.227. The van der Waals surface area contributed by atoms with Crippen molar-refractivity contribution in [1.82, 2.24) is 14.7 Å². The number of benzene rings is 2. The molecule has 0 aliphatic carbocycles. The lowest BCUT2D eigenvalue weighted by molar-refractivity contribution is -0.115. The summed E-state index contributed by atoms with van der Waals surface area (Å²) in [6.07, 6.45) is 0. The van der Waals surface area contributed by atoms with E-state index in [1.54, 1.807) is 38.1 Å². The lowest BCUT2D eigenvalue weighted by Crippen LogP contribution is -2.26. The third-order valence-electron chi connectivity index (χ3n) is 4.59. The Kier molecular flexibility index (Phi) is 5.84. The molecule has 1 atom stereocenters. The molecule has 0 saturated heterocycles. The summed E-state index contributed by atoms with van der Waals surface area (Å²) in [5.41, 5.74) is 1.93. The highest BCUT2D eigenvalue weighted by Crippen LogP contribution is 2.27. The maximum Gasteiger partial charge on any atom is 0.266 e. The molecule has 1 amide bonds. The van der Waals surface area contributed by atoms with Gasteiger partial charge in [0.15, 0.2) is 11.0 Å². The van der Waals surface area contributed by atoms with E-state index in [9.17, 15) is 9.59 Å². The first-order chi connectivity index (χ1) is 14.8. The Morgan fingerprint density at radius 2 is 2.00 bits per heavy atom. The zero-order valence-corrected chi connectivity index (χ0v) is 18.6. The number of hydrogen-bond donors (Lipinski definition) is 1. The quantitative estimate of drug-likeness (QED) is 0.345. The second kappa shape index (κ2) is 8.56. The molecule has 2 aromatic carbocycles. The number of carbonyl (C=O) groups is 1. The van der Waals surface area contributed by atoms with Crippen LogP contribution in [-0.4, -0.2) is 25.9 Å². The molecule has 9 heteroatoms. The highest BCUT2D eigenvalue weighted by atomic mass is 35.5. The first-order valence-corrected chi connectivity index (χ1v) is 10.8. The van der Waals surface area contributed by atoms with Crippen LogP contribution in [0.15, 0.2) is 63.0 Å². The Morgan fingerprint density at radius 1 is 1.19 bits per heavy atom. The van der Waals surface area contributed by atoms with Crippen molar-refractivity contribution in [3.05, 3.63) is 75.2 Å². The Hall–Kier alpha value is -3.10. The van der Waals surface area contributed by atoms with Crippen molar-refractivity contribution in [2.45, 2.75) is 31.2 Å². The summed E-state index contributed by atoms with van der Waals surface area (Å²) < 4.78 is 6.51. The molecule has 7 nitrogen and oxygen atoms in total. The molecule has 0 bridgehead atoms. The Balaban J connectivity index is 1.77. The number of nitrogens with zero attached hydrogens (tertiary/aromatic N) is 3. The summed E-state index contributed by atoms with van der Waals surface area (Å²) in [6.45, 7) is 5.43. The lowest BCUT2D eigenvalue weighted by atomic mass is 10.2. The van der Waals surface area contributed by atoms with Crippen LogP contribution in [0.2, 0.25) is 5.02 Å². The molecule has 0 radical (unpaired) electrons. The van der Waals surface area contributed by atoms with E-state index in [0.29, 0.717) is 38.3 Å². The Morgan fingerprint density at radius 3 is 2.71 bits per heavy atom. The third kappa shape index (κ3) is 4.50. The SMILES string of the molecule is Cc1cccc(-n2c(SC(C)C(=O)Nc3cc(C)on3)nc3cc(Cl)ccc3c2=O)c1. The number of halogens is 1. The van der Waals surface area contributed by atoms with Crippen LogP contribution in [-0.2, 0) is 4.79 Å². The first kappa shape index (κ1) is 21.1. The van der Waals surface area contributed by atoms with Gasteiger partial charge in [-0.1, -0.05) is 40.7 Å². The predicted octanol–water partition coefficient (Wildman–Crippen LogP) is 4.76. The molecule has 0 spiro atoms. The maximum atomic E-state index is 13.4. The fourth-order valence-corrected chi connectivity index (χ4v) is 4.17. The van der Waals surface area contributed by atoms with Crippen LogP contribution < -0.4 is 10.9 Å². The molecular formula is C22H19ClN4O3S. The lowest BCUT2D eigenvalue weighted by Gasteiger charge is -2.16. The Bertz CT molecular complexity index is 1350. The second-order valence-electron chi connectivity index (χ2n) is 7.11. The molecule has 0 aliphatic rings. The molecule has 0 fully saturated rings. The molecule has 1 N–H and O–H groups in total. The number of carbonyl (C=O) groups excluding carboxylic acids is 1. The van der Waals surface area contributed by atoms with Gasteiger partial charge in [-0.25, -0.2) is 4.98 Å². The highest BCUT2D eigenvalue weighted by Gasteiger charge is 2.21.